The molecule has 0 spiro atoms. The Morgan fingerprint density at radius 2 is 2.06 bits per heavy atom. The molecule has 4 nitrogen and oxygen atoms in total. The fraction of sp³-hybridized carbons (Fsp3) is 0.357. The van der Waals surface area contributed by atoms with Crippen molar-refractivity contribution in [3.63, 3.8) is 0 Å². The van der Waals surface area contributed by atoms with E-state index in [4.69, 9.17) is 10.5 Å². The second-order valence-electron chi connectivity index (χ2n) is 4.41. The smallest absolute Gasteiger partial charge is 0.0949 e. The van der Waals surface area contributed by atoms with Crippen LogP contribution < -0.4 is 5.73 Å². The molecule has 0 aliphatic rings. The summed E-state index contributed by atoms with van der Waals surface area (Å²) in [5, 5.41) is 0. The molecule has 1 heterocycles. The Bertz CT molecular complexity index is 481. The van der Waals surface area contributed by atoms with Gasteiger partial charge in [-0.1, -0.05) is 30.3 Å². The van der Waals surface area contributed by atoms with Crippen LogP contribution in [0.15, 0.2) is 42.9 Å². The van der Waals surface area contributed by atoms with E-state index in [0.717, 1.165) is 17.8 Å². The average molecular weight is 245 g/mol. The lowest BCUT2D eigenvalue weighted by atomic mass is 10.1. The van der Waals surface area contributed by atoms with Crippen molar-refractivity contribution in [2.45, 2.75) is 25.6 Å². The first-order chi connectivity index (χ1) is 8.72. The Labute approximate surface area is 107 Å². The summed E-state index contributed by atoms with van der Waals surface area (Å²) in [6, 6.07) is 9.88. The van der Waals surface area contributed by atoms with Gasteiger partial charge in [0.25, 0.3) is 0 Å². The predicted octanol–water partition coefficient (Wildman–Crippen LogP) is 1.97. The quantitative estimate of drug-likeness (QED) is 0.876. The molecular formula is C14H19N3O. The molecule has 2 aromatic rings. The van der Waals surface area contributed by atoms with Crippen LogP contribution in [0.25, 0.3) is 0 Å². The summed E-state index contributed by atoms with van der Waals surface area (Å²) in [6.45, 7) is 2.78. The van der Waals surface area contributed by atoms with Crippen LogP contribution in [0.2, 0.25) is 0 Å². The molecular weight excluding hydrogens is 226 g/mol. The van der Waals surface area contributed by atoms with Crippen LogP contribution in [0, 0.1) is 0 Å². The second kappa shape index (κ2) is 5.80. The summed E-state index contributed by atoms with van der Waals surface area (Å²) in [7, 11) is 1.71. The summed E-state index contributed by atoms with van der Waals surface area (Å²) < 4.78 is 7.32. The number of benzene rings is 1. The lowest BCUT2D eigenvalue weighted by molar-refractivity contribution is 0.102. The van der Waals surface area contributed by atoms with Gasteiger partial charge in [0.15, 0.2) is 0 Å². The molecule has 4 heteroatoms. The van der Waals surface area contributed by atoms with Crippen LogP contribution in [0.5, 0.6) is 0 Å². The first-order valence-corrected chi connectivity index (χ1v) is 6.05. The van der Waals surface area contributed by atoms with Crippen LogP contribution >= 0.6 is 0 Å². The van der Waals surface area contributed by atoms with Gasteiger partial charge in [-0.15, -0.1) is 0 Å². The molecule has 0 aliphatic heterocycles. The fourth-order valence-corrected chi connectivity index (χ4v) is 1.93. The van der Waals surface area contributed by atoms with Crippen LogP contribution in [0.3, 0.4) is 0 Å². The Balaban J connectivity index is 2.21. The number of rotatable bonds is 5. The first kappa shape index (κ1) is 12.8. The number of nitrogens with two attached hydrogens (primary N) is 1. The van der Waals surface area contributed by atoms with E-state index >= 15 is 0 Å². The molecule has 2 atom stereocenters. The molecule has 0 bridgehead atoms. The average Bonchev–Trinajstić information content (AvgIpc) is 2.86. The van der Waals surface area contributed by atoms with Crippen molar-refractivity contribution < 1.29 is 4.74 Å². The number of ether oxygens (including phenoxy) is 1. The van der Waals surface area contributed by atoms with Crippen molar-refractivity contribution in [3.05, 3.63) is 54.1 Å². The zero-order valence-corrected chi connectivity index (χ0v) is 10.8. The monoisotopic (exact) mass is 245 g/mol. The topological polar surface area (TPSA) is 53.1 Å². The molecule has 18 heavy (non-hydrogen) atoms. The zero-order valence-electron chi connectivity index (χ0n) is 10.8. The van der Waals surface area contributed by atoms with E-state index < -0.39 is 0 Å². The Hall–Kier alpha value is -1.65. The van der Waals surface area contributed by atoms with E-state index in [1.54, 1.807) is 13.4 Å². The SMILES string of the molecule is COC(C)Cn1cncc1C(N)c1ccccc1. The van der Waals surface area contributed by atoms with Gasteiger partial charge < -0.3 is 15.0 Å². The summed E-state index contributed by atoms with van der Waals surface area (Å²) in [6.07, 6.45) is 3.76. The molecule has 0 fully saturated rings. The minimum atomic E-state index is -0.155. The summed E-state index contributed by atoms with van der Waals surface area (Å²) in [4.78, 5) is 4.18. The number of hydrogen-bond donors (Lipinski definition) is 1. The molecule has 2 unspecified atom stereocenters. The summed E-state index contributed by atoms with van der Waals surface area (Å²) in [5.41, 5.74) is 8.37. The van der Waals surface area contributed by atoms with E-state index in [1.807, 2.05) is 48.0 Å². The van der Waals surface area contributed by atoms with E-state index in [2.05, 4.69) is 4.98 Å². The molecule has 1 aromatic carbocycles. The molecule has 0 saturated carbocycles. The van der Waals surface area contributed by atoms with Crippen molar-refractivity contribution in [3.8, 4) is 0 Å². The van der Waals surface area contributed by atoms with Crippen molar-refractivity contribution in [2.75, 3.05) is 7.11 Å². The third-order valence-corrected chi connectivity index (χ3v) is 3.08. The highest BCUT2D eigenvalue weighted by Gasteiger charge is 2.14. The van der Waals surface area contributed by atoms with Gasteiger partial charge in [-0.05, 0) is 12.5 Å². The third kappa shape index (κ3) is 2.78. The molecule has 0 radical (unpaired) electrons. The van der Waals surface area contributed by atoms with Gasteiger partial charge in [-0.25, -0.2) is 4.98 Å². The van der Waals surface area contributed by atoms with Crippen LogP contribution in [-0.4, -0.2) is 22.8 Å². The van der Waals surface area contributed by atoms with Gasteiger partial charge in [-0.3, -0.25) is 0 Å². The predicted molar refractivity (Wildman–Crippen MR) is 71.2 cm³/mol. The summed E-state index contributed by atoms with van der Waals surface area (Å²) in [5.74, 6) is 0. The van der Waals surface area contributed by atoms with E-state index in [9.17, 15) is 0 Å². The fourth-order valence-electron chi connectivity index (χ4n) is 1.93. The normalized spacial score (nSPS) is 14.4. The van der Waals surface area contributed by atoms with Gasteiger partial charge in [-0.2, -0.15) is 0 Å². The lowest BCUT2D eigenvalue weighted by Crippen LogP contribution is -2.21. The number of imidazole rings is 1. The second-order valence-corrected chi connectivity index (χ2v) is 4.41. The van der Waals surface area contributed by atoms with Crippen LogP contribution in [0.4, 0.5) is 0 Å². The molecule has 96 valence electrons. The maximum Gasteiger partial charge on any atom is 0.0949 e. The molecule has 0 saturated heterocycles. The minimum absolute atomic E-state index is 0.140. The molecule has 0 aliphatic carbocycles. The molecule has 0 amide bonds. The zero-order chi connectivity index (χ0) is 13.0. The first-order valence-electron chi connectivity index (χ1n) is 6.05. The maximum absolute atomic E-state index is 6.28. The highest BCUT2D eigenvalue weighted by Crippen LogP contribution is 2.19. The van der Waals surface area contributed by atoms with E-state index in [1.165, 1.54) is 0 Å². The third-order valence-electron chi connectivity index (χ3n) is 3.08. The van der Waals surface area contributed by atoms with Crippen molar-refractivity contribution in [2.24, 2.45) is 5.73 Å². The maximum atomic E-state index is 6.28. The van der Waals surface area contributed by atoms with E-state index in [-0.39, 0.29) is 12.1 Å². The van der Waals surface area contributed by atoms with Crippen molar-refractivity contribution in [1.82, 2.24) is 9.55 Å². The van der Waals surface area contributed by atoms with Gasteiger partial charge in [0.05, 0.1) is 30.4 Å². The van der Waals surface area contributed by atoms with Crippen LogP contribution in [0.1, 0.15) is 24.2 Å². The number of hydrogen-bond acceptors (Lipinski definition) is 3. The van der Waals surface area contributed by atoms with Gasteiger partial charge in [0.1, 0.15) is 0 Å². The largest absolute Gasteiger partial charge is 0.380 e. The number of nitrogens with zero attached hydrogens (tertiary/aromatic N) is 2. The van der Waals surface area contributed by atoms with Crippen molar-refractivity contribution in [1.29, 1.82) is 0 Å². The highest BCUT2D eigenvalue weighted by molar-refractivity contribution is 5.26. The standard InChI is InChI=1S/C14H19N3O/c1-11(18-2)9-17-10-16-8-13(17)14(15)12-6-4-3-5-7-12/h3-8,10-11,14H,9,15H2,1-2H3. The number of aromatic nitrogens is 2. The van der Waals surface area contributed by atoms with Crippen LogP contribution in [-0.2, 0) is 11.3 Å². The lowest BCUT2D eigenvalue weighted by Gasteiger charge is -2.17. The highest BCUT2D eigenvalue weighted by atomic mass is 16.5. The van der Waals surface area contributed by atoms with Crippen molar-refractivity contribution >= 4 is 0 Å². The van der Waals surface area contributed by atoms with Gasteiger partial charge in [0, 0.05) is 13.7 Å². The molecule has 2 N–H and O–H groups in total. The molecule has 2 rings (SSSR count). The number of methoxy groups -OCH3 is 1. The Morgan fingerprint density at radius 1 is 1.33 bits per heavy atom. The molecule has 1 aromatic heterocycles. The summed E-state index contributed by atoms with van der Waals surface area (Å²) >= 11 is 0. The minimum Gasteiger partial charge on any atom is -0.380 e. The Morgan fingerprint density at radius 3 is 2.72 bits per heavy atom. The Kier molecular flexibility index (Phi) is 4.12. The van der Waals surface area contributed by atoms with E-state index in [0.29, 0.717) is 0 Å². The van der Waals surface area contributed by atoms with Gasteiger partial charge >= 0.3 is 0 Å². The van der Waals surface area contributed by atoms with Gasteiger partial charge in [0.2, 0.25) is 0 Å².